The van der Waals surface area contributed by atoms with Crippen LogP contribution in [0.2, 0.25) is 0 Å². The zero-order valence-corrected chi connectivity index (χ0v) is 10.6. The molecule has 2 aromatic rings. The molecule has 0 aliphatic carbocycles. The molecule has 104 valence electrons. The van der Waals surface area contributed by atoms with Crippen molar-refractivity contribution in [3.8, 4) is 5.75 Å². The molecule has 0 unspecified atom stereocenters. The average molecular weight is 275 g/mol. The van der Waals surface area contributed by atoms with Crippen LogP contribution < -0.4 is 27.1 Å². The molecule has 0 radical (unpaired) electrons. The molecule has 0 bridgehead atoms. The fraction of sp³-hybridized carbons (Fsp3) is 0.0909. The Morgan fingerprint density at radius 2 is 2.00 bits per heavy atom. The molecule has 6 N–H and O–H groups in total. The number of methoxy groups -OCH3 is 1. The molecule has 0 saturated carbocycles. The Labute approximate surface area is 114 Å². The zero-order chi connectivity index (χ0) is 14.5. The number of amides is 1. The van der Waals surface area contributed by atoms with Gasteiger partial charge in [0.2, 0.25) is 17.7 Å². The summed E-state index contributed by atoms with van der Waals surface area (Å²) in [4.78, 5) is 22.9. The molecule has 0 saturated heterocycles. The van der Waals surface area contributed by atoms with Gasteiger partial charge in [-0.3, -0.25) is 10.2 Å². The number of ether oxygens (including phenoxy) is 1. The predicted octanol–water partition coefficient (Wildman–Crippen LogP) is -0.191. The number of carbonyl (C=O) groups excluding carboxylic acids is 1. The molecule has 0 atom stereocenters. The standard InChI is InChI=1S/C11H13N7O2/c1-20-7-5-3-2-4-6(7)14-11-16-8(9(19)18-13)15-10(12)17-11/h2-5H,13H2,1H3,(H,18,19)(H3,12,14,15,16,17). The normalized spacial score (nSPS) is 9.90. The smallest absolute Gasteiger partial charge is 0.303 e. The fourth-order valence-electron chi connectivity index (χ4n) is 1.48. The highest BCUT2D eigenvalue weighted by Gasteiger charge is 2.12. The summed E-state index contributed by atoms with van der Waals surface area (Å²) in [7, 11) is 1.54. The van der Waals surface area contributed by atoms with Crippen molar-refractivity contribution in [2.24, 2.45) is 5.84 Å². The van der Waals surface area contributed by atoms with E-state index in [1.165, 1.54) is 7.11 Å². The van der Waals surface area contributed by atoms with E-state index in [9.17, 15) is 4.79 Å². The van der Waals surface area contributed by atoms with Crippen molar-refractivity contribution < 1.29 is 9.53 Å². The number of hydrazine groups is 1. The van der Waals surface area contributed by atoms with Gasteiger partial charge in [-0.15, -0.1) is 0 Å². The number of nitrogens with zero attached hydrogens (tertiary/aromatic N) is 3. The van der Waals surface area contributed by atoms with E-state index in [0.717, 1.165) is 0 Å². The van der Waals surface area contributed by atoms with Crippen LogP contribution in [0.15, 0.2) is 24.3 Å². The molecule has 20 heavy (non-hydrogen) atoms. The first kappa shape index (κ1) is 13.5. The lowest BCUT2D eigenvalue weighted by atomic mass is 10.3. The van der Waals surface area contributed by atoms with Gasteiger partial charge in [0.05, 0.1) is 12.8 Å². The third-order valence-electron chi connectivity index (χ3n) is 2.34. The Hall–Kier alpha value is -2.94. The summed E-state index contributed by atoms with van der Waals surface area (Å²) in [5, 5.41) is 2.90. The van der Waals surface area contributed by atoms with E-state index >= 15 is 0 Å². The van der Waals surface area contributed by atoms with Crippen LogP contribution in [0.1, 0.15) is 10.6 Å². The monoisotopic (exact) mass is 275 g/mol. The van der Waals surface area contributed by atoms with E-state index in [2.05, 4.69) is 20.3 Å². The van der Waals surface area contributed by atoms with E-state index < -0.39 is 5.91 Å². The third-order valence-corrected chi connectivity index (χ3v) is 2.34. The first-order valence-corrected chi connectivity index (χ1v) is 5.56. The number of nitrogen functional groups attached to an aromatic ring is 2. The number of benzene rings is 1. The minimum Gasteiger partial charge on any atom is -0.495 e. The Morgan fingerprint density at radius 3 is 2.70 bits per heavy atom. The van der Waals surface area contributed by atoms with Crippen molar-refractivity contribution in [2.75, 3.05) is 18.2 Å². The molecule has 1 heterocycles. The number of nitrogens with two attached hydrogens (primary N) is 2. The highest BCUT2D eigenvalue weighted by molar-refractivity contribution is 5.90. The SMILES string of the molecule is COc1ccccc1Nc1nc(N)nc(C(=O)NN)n1. The quantitative estimate of drug-likeness (QED) is 0.342. The summed E-state index contributed by atoms with van der Waals surface area (Å²) in [6, 6.07) is 7.16. The van der Waals surface area contributed by atoms with Gasteiger partial charge in [-0.2, -0.15) is 15.0 Å². The number of carbonyl (C=O) groups is 1. The largest absolute Gasteiger partial charge is 0.495 e. The minimum atomic E-state index is -0.665. The molecule has 0 spiro atoms. The van der Waals surface area contributed by atoms with Crippen LogP contribution in [0.25, 0.3) is 0 Å². The van der Waals surface area contributed by atoms with Gasteiger partial charge < -0.3 is 15.8 Å². The number of hydrogen-bond donors (Lipinski definition) is 4. The van der Waals surface area contributed by atoms with Gasteiger partial charge in [0.15, 0.2) is 0 Å². The predicted molar refractivity (Wildman–Crippen MR) is 72.2 cm³/mol. The summed E-state index contributed by atoms with van der Waals surface area (Å²) in [5.74, 6) is 4.78. The van der Waals surface area contributed by atoms with Gasteiger partial charge >= 0.3 is 5.91 Å². The van der Waals surface area contributed by atoms with Crippen molar-refractivity contribution in [3.63, 3.8) is 0 Å². The molecular formula is C11H13N7O2. The second-order valence-corrected chi connectivity index (χ2v) is 3.64. The lowest BCUT2D eigenvalue weighted by Crippen LogP contribution is -2.32. The van der Waals surface area contributed by atoms with E-state index in [1.54, 1.807) is 12.1 Å². The van der Waals surface area contributed by atoms with Gasteiger partial charge in [0.25, 0.3) is 0 Å². The van der Waals surface area contributed by atoms with E-state index in [0.29, 0.717) is 11.4 Å². The third kappa shape index (κ3) is 2.90. The Kier molecular flexibility index (Phi) is 3.91. The van der Waals surface area contributed by atoms with Crippen molar-refractivity contribution in [2.45, 2.75) is 0 Å². The molecular weight excluding hydrogens is 262 g/mol. The Morgan fingerprint density at radius 1 is 1.25 bits per heavy atom. The molecule has 0 fully saturated rings. The number of nitrogens with one attached hydrogen (secondary N) is 2. The van der Waals surface area contributed by atoms with Gasteiger partial charge in [0, 0.05) is 0 Å². The highest BCUT2D eigenvalue weighted by Crippen LogP contribution is 2.25. The fourth-order valence-corrected chi connectivity index (χ4v) is 1.48. The van der Waals surface area contributed by atoms with Gasteiger partial charge in [-0.05, 0) is 12.1 Å². The van der Waals surface area contributed by atoms with Crippen LogP contribution in [0.5, 0.6) is 5.75 Å². The van der Waals surface area contributed by atoms with Crippen LogP contribution in [-0.4, -0.2) is 28.0 Å². The van der Waals surface area contributed by atoms with Crippen molar-refractivity contribution >= 4 is 23.5 Å². The maximum atomic E-state index is 11.4. The lowest BCUT2D eigenvalue weighted by molar-refractivity contribution is 0.0943. The Bertz CT molecular complexity index is 632. The number of rotatable bonds is 4. The maximum absolute atomic E-state index is 11.4. The molecule has 0 aliphatic heterocycles. The molecule has 9 nitrogen and oxygen atoms in total. The zero-order valence-electron chi connectivity index (χ0n) is 10.6. The van der Waals surface area contributed by atoms with Crippen molar-refractivity contribution in [3.05, 3.63) is 30.1 Å². The summed E-state index contributed by atoms with van der Waals surface area (Å²) >= 11 is 0. The second-order valence-electron chi connectivity index (χ2n) is 3.64. The maximum Gasteiger partial charge on any atom is 0.303 e. The minimum absolute atomic E-state index is 0.101. The average Bonchev–Trinajstić information content (AvgIpc) is 2.46. The molecule has 9 heteroatoms. The summed E-state index contributed by atoms with van der Waals surface area (Å²) < 4.78 is 5.18. The Balaban J connectivity index is 2.34. The van der Waals surface area contributed by atoms with E-state index in [1.807, 2.05) is 17.6 Å². The molecule has 1 aromatic heterocycles. The molecule has 1 aromatic carbocycles. The molecule has 0 aliphatic rings. The van der Waals surface area contributed by atoms with Crippen LogP contribution >= 0.6 is 0 Å². The summed E-state index contributed by atoms with van der Waals surface area (Å²) in [6.07, 6.45) is 0. The number of para-hydroxylation sites is 2. The number of aromatic nitrogens is 3. The first-order chi connectivity index (χ1) is 9.63. The van der Waals surface area contributed by atoms with Crippen LogP contribution in [0.4, 0.5) is 17.6 Å². The van der Waals surface area contributed by atoms with Crippen molar-refractivity contribution in [1.82, 2.24) is 20.4 Å². The van der Waals surface area contributed by atoms with Gasteiger partial charge in [-0.1, -0.05) is 12.1 Å². The van der Waals surface area contributed by atoms with Crippen LogP contribution in [0, 0.1) is 0 Å². The molecule has 1 amide bonds. The number of hydrogen-bond acceptors (Lipinski definition) is 8. The molecule has 2 rings (SSSR count). The second kappa shape index (κ2) is 5.80. The van der Waals surface area contributed by atoms with Crippen molar-refractivity contribution in [1.29, 1.82) is 0 Å². The summed E-state index contributed by atoms with van der Waals surface area (Å²) in [6.45, 7) is 0. The summed E-state index contributed by atoms with van der Waals surface area (Å²) in [5.41, 5.74) is 8.07. The van der Waals surface area contributed by atoms with E-state index in [-0.39, 0.29) is 17.7 Å². The first-order valence-electron chi connectivity index (χ1n) is 5.56. The number of anilines is 3. The highest BCUT2D eigenvalue weighted by atomic mass is 16.5. The van der Waals surface area contributed by atoms with Crippen LogP contribution in [0.3, 0.4) is 0 Å². The van der Waals surface area contributed by atoms with Crippen LogP contribution in [-0.2, 0) is 0 Å². The van der Waals surface area contributed by atoms with Gasteiger partial charge in [-0.25, -0.2) is 5.84 Å². The van der Waals surface area contributed by atoms with E-state index in [4.69, 9.17) is 16.3 Å². The topological polar surface area (TPSA) is 141 Å². The lowest BCUT2D eigenvalue weighted by Gasteiger charge is -2.10. The van der Waals surface area contributed by atoms with Gasteiger partial charge in [0.1, 0.15) is 5.75 Å².